The van der Waals surface area contributed by atoms with Crippen LogP contribution in [0.25, 0.3) is 44.1 Å². The van der Waals surface area contributed by atoms with Crippen molar-refractivity contribution >= 4 is 141 Å². The maximum absolute atomic E-state index is 11.4. The summed E-state index contributed by atoms with van der Waals surface area (Å²) in [6, 6.07) is 0. The minimum absolute atomic E-state index is 0.0544. The first-order chi connectivity index (χ1) is 50.6. The molecule has 0 spiro atoms. The van der Waals surface area contributed by atoms with Crippen LogP contribution in [0.2, 0.25) is 10.3 Å². The predicted molar refractivity (Wildman–Crippen MR) is 377 cm³/mol. The highest BCUT2D eigenvalue weighted by atomic mass is 79.9. The number of nitrogens with zero attached hydrogens (tertiary/aromatic N) is 22. The Morgan fingerprint density at radius 3 is 1.49 bits per heavy atom. The highest BCUT2D eigenvalue weighted by Crippen LogP contribution is 2.22. The van der Waals surface area contributed by atoms with Gasteiger partial charge in [0, 0.05) is 89.4 Å². The van der Waals surface area contributed by atoms with E-state index in [2.05, 4.69) is 111 Å². The maximum Gasteiger partial charge on any atom is 0.365 e. The fraction of sp³-hybridized carbons (Fsp3) is 0.429. The summed E-state index contributed by atoms with van der Waals surface area (Å²) in [4.78, 5) is 114. The lowest BCUT2D eigenvalue weighted by atomic mass is 10.3. The lowest BCUT2D eigenvalue weighted by Gasteiger charge is -2.03. The molecule has 11 aromatic heterocycles. The first-order valence-corrected chi connectivity index (χ1v) is 33.5. The molecule has 11 aromatic rings. The van der Waals surface area contributed by atoms with Gasteiger partial charge in [-0.15, -0.1) is 23.2 Å². The second-order valence-electron chi connectivity index (χ2n) is 20.0. The van der Waals surface area contributed by atoms with E-state index >= 15 is 0 Å². The van der Waals surface area contributed by atoms with Crippen LogP contribution in [0.4, 0.5) is 17.1 Å². The molecule has 0 unspecified atom stereocenters. The standard InChI is InChI=1S/2C8H8Cl2N4.2C8H10N4O2.2C8H11N3O5.C5H5N3O4.C3H7BrO/c9-2-1-3-14-4-6-7(13-14)8(10)12-5-11-6;9-2-1-3-14-7-6(4-13-14)11-5-12-8(7)10;13-3-1-2-12-4-6-7(11-12)8(14)10-5-9-6;13-3-1-2-12-7-6(4-11-12)9-5-10-8(7)14;1-16-8(13)7-6(11(14)15)5-10(9-7)3-2-4-12;1-16-8(13)7-6(11(14)15)5-9-10(7)3-2-4-12;1-12-5(9)4-3(8(10)11)2-6-7-4;4-2-1-3-5/h2*4-5H,1-3H2;2*4-5,13H,1-3H2,(H,9,10,14);2*5,12H,2-4H2,1H3;2H,1H3,(H,6,7);5H,1-3H2. The molecule has 105 heavy (non-hydrogen) atoms. The number of carbonyl (C=O) groups excluding carboxylic acids is 3. The summed E-state index contributed by atoms with van der Waals surface area (Å²) in [6.45, 7) is 3.49. The summed E-state index contributed by atoms with van der Waals surface area (Å²) in [5.74, 6) is -1.25. The molecule has 0 aliphatic carbocycles. The molecule has 0 bridgehead atoms. The van der Waals surface area contributed by atoms with E-state index in [0.29, 0.717) is 102 Å². The van der Waals surface area contributed by atoms with Crippen LogP contribution in [-0.4, -0.2) is 238 Å². The van der Waals surface area contributed by atoms with E-state index in [1.165, 1.54) is 30.0 Å². The number of fused-ring (bicyclic) bond motifs is 4. The number of hydrogen-bond acceptors (Lipinski definition) is 32. The van der Waals surface area contributed by atoms with Gasteiger partial charge < -0.3 is 49.7 Å². The van der Waals surface area contributed by atoms with Crippen molar-refractivity contribution in [1.29, 1.82) is 0 Å². The number of nitrogens with one attached hydrogen (secondary N) is 3. The van der Waals surface area contributed by atoms with E-state index < -0.39 is 44.1 Å². The average Bonchev–Trinajstić information content (AvgIpc) is 1.68. The molecule has 44 nitrogen and oxygen atoms in total. The van der Waals surface area contributed by atoms with Crippen molar-refractivity contribution in [3.8, 4) is 0 Å². The first kappa shape index (κ1) is 86.9. The summed E-state index contributed by atoms with van der Waals surface area (Å²) in [7, 11) is 3.39. The summed E-state index contributed by atoms with van der Waals surface area (Å²) >= 11 is 26.1. The normalized spacial score (nSPS) is 10.4. The molecule has 8 N–H and O–H groups in total. The van der Waals surface area contributed by atoms with E-state index in [4.69, 9.17) is 71.9 Å². The SMILES string of the molecule is COC(=O)c1[nH]ncc1[N+](=O)[O-].COC(=O)c1c([N+](=O)[O-])cnn1CCCO.COC(=O)c1nn(CCCO)cc1[N+](=O)[O-].ClCCCn1cc2ncnc(Cl)c2n1.ClCCCn1ncc2ncnc(Cl)c21.O=c1[nH]cnc2cn(CCCO)nc12.O=c1[nH]cnc2cnn(CCCO)c12.OCCCBr. The van der Waals surface area contributed by atoms with Crippen molar-refractivity contribution < 1.29 is 68.9 Å². The van der Waals surface area contributed by atoms with Gasteiger partial charge in [0.2, 0.25) is 17.1 Å². The van der Waals surface area contributed by atoms with Crippen molar-refractivity contribution in [2.75, 3.05) is 71.5 Å². The Labute approximate surface area is 618 Å². The number of hydrogen-bond donors (Lipinski definition) is 8. The predicted octanol–water partition coefficient (Wildman–Crippen LogP) is 4.01. The van der Waals surface area contributed by atoms with E-state index in [0.717, 1.165) is 98.8 Å². The Balaban J connectivity index is 0.000000257. The van der Waals surface area contributed by atoms with Gasteiger partial charge in [-0.2, -0.15) is 35.7 Å². The Hall–Kier alpha value is -10.5. The molecule has 0 atom stereocenters. The smallest absolute Gasteiger partial charge is 0.365 e. The van der Waals surface area contributed by atoms with Crippen molar-refractivity contribution in [2.45, 2.75) is 84.2 Å². The number of carbonyl (C=O) groups is 3. The number of aliphatic hydroxyl groups is 5. The van der Waals surface area contributed by atoms with Crippen LogP contribution in [0.1, 0.15) is 76.4 Å². The summed E-state index contributed by atoms with van der Waals surface area (Å²) in [5.41, 5.74) is 2.49. The second-order valence-corrected chi connectivity index (χ2v) is 22.3. The zero-order valence-electron chi connectivity index (χ0n) is 55.9. The van der Waals surface area contributed by atoms with Crippen LogP contribution < -0.4 is 11.1 Å². The fourth-order valence-electron chi connectivity index (χ4n) is 8.09. The van der Waals surface area contributed by atoms with Crippen molar-refractivity contribution in [3.05, 3.63) is 147 Å². The third-order valence-electron chi connectivity index (χ3n) is 12.9. The van der Waals surface area contributed by atoms with Gasteiger partial charge >= 0.3 is 35.0 Å². The third kappa shape index (κ3) is 26.9. The molecule has 0 aromatic carbocycles. The highest BCUT2D eigenvalue weighted by molar-refractivity contribution is 9.09. The van der Waals surface area contributed by atoms with Crippen molar-refractivity contribution in [2.24, 2.45) is 0 Å². The first-order valence-electron chi connectivity index (χ1n) is 30.6. The monoisotopic (exact) mass is 1620 g/mol. The fourth-order valence-corrected chi connectivity index (χ4v) is 9.00. The summed E-state index contributed by atoms with van der Waals surface area (Å²) in [5, 5.41) is 105. The number of alkyl halides is 3. The molecule has 568 valence electrons. The largest absolute Gasteiger partial charge is 0.464 e. The van der Waals surface area contributed by atoms with E-state index in [9.17, 15) is 54.3 Å². The molecule has 49 heteroatoms. The van der Waals surface area contributed by atoms with Crippen LogP contribution in [-0.2, 0) is 53.5 Å². The second kappa shape index (κ2) is 47.0. The van der Waals surface area contributed by atoms with E-state index in [-0.39, 0.29) is 66.9 Å². The van der Waals surface area contributed by atoms with Gasteiger partial charge in [0.1, 0.15) is 64.3 Å². The Morgan fingerprint density at radius 2 is 0.962 bits per heavy atom. The van der Waals surface area contributed by atoms with Gasteiger partial charge in [-0.25, -0.2) is 44.3 Å². The van der Waals surface area contributed by atoms with E-state index in [1.807, 2.05) is 6.20 Å². The topological polar surface area (TPSA) is 588 Å². The number of aromatic nitrogens is 22. The molecule has 0 aliphatic rings. The molecule has 11 heterocycles. The minimum Gasteiger partial charge on any atom is -0.464 e. The average molecular weight is 1620 g/mol. The molecule has 0 aliphatic heterocycles. The van der Waals surface area contributed by atoms with Crippen LogP contribution in [0.5, 0.6) is 0 Å². The molecule has 0 amide bonds. The lowest BCUT2D eigenvalue weighted by Crippen LogP contribution is -2.14. The number of aromatic amines is 3. The number of halogens is 5. The Morgan fingerprint density at radius 1 is 0.505 bits per heavy atom. The van der Waals surface area contributed by atoms with E-state index in [1.54, 1.807) is 37.3 Å². The van der Waals surface area contributed by atoms with Crippen LogP contribution >= 0.6 is 62.3 Å². The van der Waals surface area contributed by atoms with Gasteiger partial charge in [-0.05, 0) is 44.9 Å². The van der Waals surface area contributed by atoms with Crippen molar-refractivity contribution in [3.63, 3.8) is 0 Å². The Bertz CT molecular complexity index is 4630. The molecule has 0 saturated heterocycles. The number of rotatable bonds is 26. The molecular formula is C56H70BrCl4N25O19. The number of aryl methyl sites for hydroxylation is 6. The van der Waals surface area contributed by atoms with Gasteiger partial charge in [0.05, 0.1) is 73.5 Å². The zero-order valence-corrected chi connectivity index (χ0v) is 60.5. The molecule has 0 fully saturated rings. The number of methoxy groups -OCH3 is 3. The van der Waals surface area contributed by atoms with Crippen LogP contribution in [0, 0.1) is 30.3 Å². The third-order valence-corrected chi connectivity index (χ3v) is 14.5. The van der Waals surface area contributed by atoms with Crippen LogP contribution in [0.3, 0.4) is 0 Å². The number of nitro groups is 3. The highest BCUT2D eigenvalue weighted by Gasteiger charge is 2.28. The number of ether oxygens (including phenoxy) is 3. The van der Waals surface area contributed by atoms with Crippen molar-refractivity contribution in [1.82, 2.24) is 109 Å². The number of H-pyrrole nitrogens is 3. The van der Waals surface area contributed by atoms with Gasteiger partial charge in [0.15, 0.2) is 21.3 Å². The summed E-state index contributed by atoms with van der Waals surface area (Å²) in [6.07, 6.45) is 19.9. The minimum atomic E-state index is -0.852. The van der Waals surface area contributed by atoms with Gasteiger partial charge in [0.25, 0.3) is 11.1 Å². The number of esters is 3. The molecule has 0 radical (unpaired) electrons. The number of aliphatic hydroxyl groups excluding tert-OH is 5. The molecule has 0 saturated carbocycles. The quantitative estimate of drug-likeness (QED) is 0.00948. The zero-order chi connectivity index (χ0) is 77.4. The lowest BCUT2D eigenvalue weighted by molar-refractivity contribution is -0.385. The molecule has 11 rings (SSSR count). The van der Waals surface area contributed by atoms with Gasteiger partial charge in [-0.3, -0.25) is 73.1 Å². The van der Waals surface area contributed by atoms with Gasteiger partial charge in [-0.1, -0.05) is 39.1 Å². The van der Waals surface area contributed by atoms with Crippen LogP contribution in [0.15, 0.2) is 78.3 Å². The Kier molecular flexibility index (Phi) is 38.9. The summed E-state index contributed by atoms with van der Waals surface area (Å²) < 4.78 is 22.2. The maximum atomic E-state index is 11.4. The molecular weight excluding hydrogens is 1550 g/mol.